The molecule has 8 heteroatoms. The topological polar surface area (TPSA) is 70.6 Å². The summed E-state index contributed by atoms with van der Waals surface area (Å²) in [5, 5.41) is 2.96. The van der Waals surface area contributed by atoms with E-state index >= 15 is 0 Å². The number of nitrogens with one attached hydrogen (secondary N) is 1. The number of carbonyl (C=O) groups is 1. The molecule has 1 N–H and O–H groups in total. The van der Waals surface area contributed by atoms with Gasteiger partial charge in [-0.05, 0) is 37.3 Å². The Hall–Kier alpha value is -2.71. The molecule has 0 aliphatic carbocycles. The quantitative estimate of drug-likeness (QED) is 0.690. The highest BCUT2D eigenvalue weighted by Crippen LogP contribution is 2.28. The van der Waals surface area contributed by atoms with Gasteiger partial charge in [0.05, 0.1) is 30.6 Å². The maximum absolute atomic E-state index is 12.4. The molecule has 146 valence electrons. The number of rotatable bonds is 6. The Labute approximate surface area is 168 Å². The molecule has 0 bridgehead atoms. The summed E-state index contributed by atoms with van der Waals surface area (Å²) in [6, 6.07) is 13.7. The average molecular weight is 398 g/mol. The Balaban J connectivity index is 1.31. The SMILES string of the molecule is CCOc1ccccc1N1CCN(CC(=O)Nc2ccc3nsnc3c2)CC1. The second-order valence-corrected chi connectivity index (χ2v) is 7.21. The molecule has 28 heavy (non-hydrogen) atoms. The van der Waals surface area contributed by atoms with Crippen LogP contribution in [0.1, 0.15) is 6.92 Å². The molecule has 0 atom stereocenters. The fraction of sp³-hybridized carbons (Fsp3) is 0.350. The van der Waals surface area contributed by atoms with Crippen LogP contribution in [0.4, 0.5) is 11.4 Å². The standard InChI is InChI=1S/C20H23N5O2S/c1-2-27-19-6-4-3-5-18(19)25-11-9-24(10-12-25)14-20(26)21-15-7-8-16-17(13-15)23-28-22-16/h3-8,13H,2,9-12,14H2,1H3,(H,21,26). The molecule has 0 saturated carbocycles. The number of fused-ring (bicyclic) bond motifs is 1. The van der Waals surface area contributed by atoms with Crippen molar-refractivity contribution in [2.45, 2.75) is 6.92 Å². The molecule has 3 aromatic rings. The van der Waals surface area contributed by atoms with Crippen molar-refractivity contribution in [1.29, 1.82) is 0 Å². The van der Waals surface area contributed by atoms with E-state index in [1.165, 1.54) is 11.7 Å². The van der Waals surface area contributed by atoms with Crippen LogP contribution in [0.25, 0.3) is 11.0 Å². The van der Waals surface area contributed by atoms with Gasteiger partial charge in [0.25, 0.3) is 0 Å². The molecule has 0 radical (unpaired) electrons. The molecule has 1 fully saturated rings. The van der Waals surface area contributed by atoms with Crippen molar-refractivity contribution in [3.8, 4) is 5.75 Å². The number of anilines is 2. The van der Waals surface area contributed by atoms with Crippen molar-refractivity contribution in [1.82, 2.24) is 13.6 Å². The first kappa shape index (κ1) is 18.6. The molecule has 1 aliphatic heterocycles. The predicted molar refractivity (Wildman–Crippen MR) is 112 cm³/mol. The Morgan fingerprint density at radius 3 is 2.71 bits per heavy atom. The molecular weight excluding hydrogens is 374 g/mol. The molecule has 4 rings (SSSR count). The highest BCUT2D eigenvalue weighted by atomic mass is 32.1. The maximum Gasteiger partial charge on any atom is 0.238 e. The monoisotopic (exact) mass is 397 g/mol. The number of hydrogen-bond acceptors (Lipinski definition) is 7. The van der Waals surface area contributed by atoms with Crippen molar-refractivity contribution in [2.24, 2.45) is 0 Å². The van der Waals surface area contributed by atoms with Crippen LogP contribution >= 0.6 is 11.7 Å². The summed E-state index contributed by atoms with van der Waals surface area (Å²) in [6.07, 6.45) is 0. The summed E-state index contributed by atoms with van der Waals surface area (Å²) in [6.45, 7) is 6.44. The van der Waals surface area contributed by atoms with E-state index in [1.54, 1.807) is 0 Å². The molecule has 0 unspecified atom stereocenters. The summed E-state index contributed by atoms with van der Waals surface area (Å²) in [5.74, 6) is 0.911. The molecular formula is C20H23N5O2S. The van der Waals surface area contributed by atoms with E-state index in [0.29, 0.717) is 13.2 Å². The summed E-state index contributed by atoms with van der Waals surface area (Å²) in [5.41, 5.74) is 3.55. The molecule has 7 nitrogen and oxygen atoms in total. The molecule has 1 aromatic heterocycles. The van der Waals surface area contributed by atoms with Gasteiger partial charge in [-0.25, -0.2) is 0 Å². The second kappa shape index (κ2) is 8.53. The fourth-order valence-corrected chi connectivity index (χ4v) is 3.92. The van der Waals surface area contributed by atoms with Crippen LogP contribution in [0.15, 0.2) is 42.5 Å². The Kier molecular flexibility index (Phi) is 5.68. The lowest BCUT2D eigenvalue weighted by Crippen LogP contribution is -2.48. The number of para-hydroxylation sites is 2. The number of ether oxygens (including phenoxy) is 1. The van der Waals surface area contributed by atoms with Crippen molar-refractivity contribution in [2.75, 3.05) is 49.5 Å². The summed E-state index contributed by atoms with van der Waals surface area (Å²) >= 11 is 1.18. The maximum atomic E-state index is 12.4. The van der Waals surface area contributed by atoms with E-state index in [4.69, 9.17) is 4.74 Å². The third-order valence-electron chi connectivity index (χ3n) is 4.78. The minimum absolute atomic E-state index is 0.00861. The number of benzene rings is 2. The highest BCUT2D eigenvalue weighted by Gasteiger charge is 2.21. The van der Waals surface area contributed by atoms with Crippen molar-refractivity contribution in [3.63, 3.8) is 0 Å². The van der Waals surface area contributed by atoms with Crippen LogP contribution in [0, 0.1) is 0 Å². The highest BCUT2D eigenvalue weighted by molar-refractivity contribution is 7.00. The number of hydrogen-bond donors (Lipinski definition) is 1. The Morgan fingerprint density at radius 2 is 1.89 bits per heavy atom. The molecule has 0 spiro atoms. The summed E-state index contributed by atoms with van der Waals surface area (Å²) < 4.78 is 14.1. The van der Waals surface area contributed by atoms with Crippen LogP contribution in [0.3, 0.4) is 0 Å². The lowest BCUT2D eigenvalue weighted by molar-refractivity contribution is -0.117. The number of amides is 1. The lowest BCUT2D eigenvalue weighted by Gasteiger charge is -2.36. The van der Waals surface area contributed by atoms with E-state index < -0.39 is 0 Å². The van der Waals surface area contributed by atoms with Crippen LogP contribution in [-0.4, -0.2) is 58.9 Å². The third kappa shape index (κ3) is 4.23. The predicted octanol–water partition coefficient (Wildman–Crippen LogP) is 2.85. The Bertz CT molecular complexity index is 952. The van der Waals surface area contributed by atoms with Gasteiger partial charge in [0.1, 0.15) is 16.8 Å². The van der Waals surface area contributed by atoms with Crippen LogP contribution in [0.5, 0.6) is 5.75 Å². The zero-order chi connectivity index (χ0) is 19.3. The minimum atomic E-state index is -0.00861. The van der Waals surface area contributed by atoms with Gasteiger partial charge >= 0.3 is 0 Å². The molecule has 2 aromatic carbocycles. The van der Waals surface area contributed by atoms with Gasteiger partial charge in [-0.2, -0.15) is 8.75 Å². The lowest BCUT2D eigenvalue weighted by atomic mass is 10.2. The van der Waals surface area contributed by atoms with E-state index in [9.17, 15) is 4.79 Å². The zero-order valence-corrected chi connectivity index (χ0v) is 16.6. The van der Waals surface area contributed by atoms with Gasteiger partial charge in [-0.1, -0.05) is 12.1 Å². The largest absolute Gasteiger partial charge is 0.492 e. The van der Waals surface area contributed by atoms with E-state index in [1.807, 2.05) is 43.3 Å². The molecule has 1 amide bonds. The van der Waals surface area contributed by atoms with Gasteiger partial charge < -0.3 is 15.0 Å². The van der Waals surface area contributed by atoms with Crippen LogP contribution in [-0.2, 0) is 4.79 Å². The van der Waals surface area contributed by atoms with E-state index in [0.717, 1.165) is 54.3 Å². The minimum Gasteiger partial charge on any atom is -0.492 e. The van der Waals surface area contributed by atoms with Gasteiger partial charge in [-0.15, -0.1) is 0 Å². The molecule has 1 aliphatic rings. The second-order valence-electron chi connectivity index (χ2n) is 6.68. The van der Waals surface area contributed by atoms with E-state index in [2.05, 4.69) is 29.9 Å². The van der Waals surface area contributed by atoms with Gasteiger partial charge in [-0.3, -0.25) is 9.69 Å². The van der Waals surface area contributed by atoms with Crippen molar-refractivity contribution >= 4 is 40.0 Å². The normalized spacial score (nSPS) is 15.0. The summed E-state index contributed by atoms with van der Waals surface area (Å²) in [4.78, 5) is 16.9. The van der Waals surface area contributed by atoms with Gasteiger partial charge in [0, 0.05) is 31.9 Å². The van der Waals surface area contributed by atoms with Crippen molar-refractivity contribution < 1.29 is 9.53 Å². The first-order valence-electron chi connectivity index (χ1n) is 9.44. The number of nitrogens with zero attached hydrogens (tertiary/aromatic N) is 4. The smallest absolute Gasteiger partial charge is 0.238 e. The molecule has 1 saturated heterocycles. The zero-order valence-electron chi connectivity index (χ0n) is 15.8. The molecule has 2 heterocycles. The average Bonchev–Trinajstić information content (AvgIpc) is 3.17. The first-order chi connectivity index (χ1) is 13.7. The van der Waals surface area contributed by atoms with Gasteiger partial charge in [0.15, 0.2) is 0 Å². The van der Waals surface area contributed by atoms with E-state index in [-0.39, 0.29) is 5.91 Å². The van der Waals surface area contributed by atoms with Crippen LogP contribution < -0.4 is 15.0 Å². The van der Waals surface area contributed by atoms with Crippen molar-refractivity contribution in [3.05, 3.63) is 42.5 Å². The number of carbonyl (C=O) groups excluding carboxylic acids is 1. The van der Waals surface area contributed by atoms with Gasteiger partial charge in [0.2, 0.25) is 5.91 Å². The number of piperazine rings is 1. The fourth-order valence-electron chi connectivity index (χ4n) is 3.41. The number of aromatic nitrogens is 2. The van der Waals surface area contributed by atoms with Crippen LogP contribution in [0.2, 0.25) is 0 Å². The summed E-state index contributed by atoms with van der Waals surface area (Å²) in [7, 11) is 0. The third-order valence-corrected chi connectivity index (χ3v) is 5.34. The first-order valence-corrected chi connectivity index (χ1v) is 10.2. The Morgan fingerprint density at radius 1 is 1.11 bits per heavy atom.